The van der Waals surface area contributed by atoms with E-state index in [0.717, 1.165) is 23.8 Å². The zero-order chi connectivity index (χ0) is 14.1. The number of rotatable bonds is 3. The molecule has 0 aromatic carbocycles. The van der Waals surface area contributed by atoms with Gasteiger partial charge in [-0.15, -0.1) is 6.58 Å². The van der Waals surface area contributed by atoms with Crippen molar-refractivity contribution in [2.45, 2.75) is 6.42 Å². The molecule has 20 heavy (non-hydrogen) atoms. The van der Waals surface area contributed by atoms with Crippen molar-refractivity contribution in [3.8, 4) is 11.5 Å². The van der Waals surface area contributed by atoms with Crippen LogP contribution in [0.15, 0.2) is 48.2 Å². The Bertz CT molecular complexity index is 850. The molecule has 0 saturated heterocycles. The van der Waals surface area contributed by atoms with Crippen LogP contribution in [-0.4, -0.2) is 19.4 Å². The largest absolute Gasteiger partial charge is 0.303 e. The summed E-state index contributed by atoms with van der Waals surface area (Å²) in [6.07, 6.45) is 6.91. The Morgan fingerprint density at radius 3 is 2.95 bits per heavy atom. The highest BCUT2D eigenvalue weighted by Gasteiger charge is 2.10. The minimum atomic E-state index is -0.907. The lowest BCUT2D eigenvalue weighted by Gasteiger charge is -2.03. The first-order valence-corrected chi connectivity index (χ1v) is 6.01. The fraction of sp³-hybridized carbons (Fsp3) is 0.0714. The maximum Gasteiger partial charge on any atom is 0.287 e. The molecule has 3 aromatic heterocycles. The molecule has 0 radical (unpaired) electrons. The van der Waals surface area contributed by atoms with E-state index < -0.39 is 11.4 Å². The van der Waals surface area contributed by atoms with Crippen LogP contribution < -0.4 is 5.56 Å². The van der Waals surface area contributed by atoms with Gasteiger partial charge in [0.05, 0.1) is 12.4 Å². The number of imidazole rings is 1. The highest BCUT2D eigenvalue weighted by atomic mass is 19.1. The van der Waals surface area contributed by atoms with E-state index in [0.29, 0.717) is 5.69 Å². The number of allylic oxidation sites excluding steroid dienone is 1. The number of halogens is 1. The molecule has 0 aliphatic carbocycles. The zero-order valence-electron chi connectivity index (χ0n) is 10.5. The summed E-state index contributed by atoms with van der Waals surface area (Å²) in [7, 11) is 0. The van der Waals surface area contributed by atoms with Gasteiger partial charge in [-0.2, -0.15) is 4.39 Å². The Balaban J connectivity index is 2.19. The summed E-state index contributed by atoms with van der Waals surface area (Å²) >= 11 is 0. The van der Waals surface area contributed by atoms with E-state index in [1.165, 1.54) is 0 Å². The first kappa shape index (κ1) is 12.3. The molecule has 1 N–H and O–H groups in total. The monoisotopic (exact) mass is 270 g/mol. The normalized spacial score (nSPS) is 10.8. The second-order valence-corrected chi connectivity index (χ2v) is 4.31. The lowest BCUT2D eigenvalue weighted by molar-refractivity contribution is 0.601. The Morgan fingerprint density at radius 1 is 1.35 bits per heavy atom. The van der Waals surface area contributed by atoms with Gasteiger partial charge in [0.15, 0.2) is 5.82 Å². The zero-order valence-corrected chi connectivity index (χ0v) is 10.5. The van der Waals surface area contributed by atoms with Crippen LogP contribution in [0.1, 0.15) is 5.56 Å². The van der Waals surface area contributed by atoms with Crippen molar-refractivity contribution >= 4 is 5.65 Å². The second-order valence-electron chi connectivity index (χ2n) is 4.31. The maximum absolute atomic E-state index is 13.0. The van der Waals surface area contributed by atoms with E-state index in [-0.39, 0.29) is 5.82 Å². The van der Waals surface area contributed by atoms with Gasteiger partial charge in [0.2, 0.25) is 5.82 Å². The quantitative estimate of drug-likeness (QED) is 0.740. The smallest absolute Gasteiger partial charge is 0.287 e. The molecule has 0 saturated carbocycles. The Labute approximate surface area is 113 Å². The number of aromatic nitrogens is 4. The highest BCUT2D eigenvalue weighted by molar-refractivity contribution is 5.57. The predicted molar refractivity (Wildman–Crippen MR) is 72.9 cm³/mol. The Hall–Kier alpha value is -2.76. The average molecular weight is 270 g/mol. The van der Waals surface area contributed by atoms with Gasteiger partial charge >= 0.3 is 0 Å². The SMILES string of the molecule is C=CCc1ccc2ncc(-c3ncc(F)c(=O)[nH]3)n2c1. The topological polar surface area (TPSA) is 63.0 Å². The molecule has 0 aliphatic heterocycles. The first-order valence-electron chi connectivity index (χ1n) is 6.01. The molecule has 0 spiro atoms. The van der Waals surface area contributed by atoms with Crippen LogP contribution in [-0.2, 0) is 6.42 Å². The van der Waals surface area contributed by atoms with Crippen LogP contribution in [0.4, 0.5) is 4.39 Å². The summed E-state index contributed by atoms with van der Waals surface area (Å²) in [5.74, 6) is -0.630. The van der Waals surface area contributed by atoms with Crippen molar-refractivity contribution in [3.63, 3.8) is 0 Å². The van der Waals surface area contributed by atoms with E-state index in [4.69, 9.17) is 0 Å². The van der Waals surface area contributed by atoms with Gasteiger partial charge in [-0.25, -0.2) is 9.97 Å². The lowest BCUT2D eigenvalue weighted by atomic mass is 10.2. The summed E-state index contributed by atoms with van der Waals surface area (Å²) in [5.41, 5.74) is 1.58. The van der Waals surface area contributed by atoms with Gasteiger partial charge < -0.3 is 4.98 Å². The van der Waals surface area contributed by atoms with Gasteiger partial charge in [0.1, 0.15) is 11.3 Å². The molecule has 0 unspecified atom stereocenters. The fourth-order valence-electron chi connectivity index (χ4n) is 2.00. The van der Waals surface area contributed by atoms with E-state index in [2.05, 4.69) is 21.5 Å². The molecule has 0 fully saturated rings. The van der Waals surface area contributed by atoms with Crippen molar-refractivity contribution in [2.75, 3.05) is 0 Å². The number of hydrogen-bond acceptors (Lipinski definition) is 3. The van der Waals surface area contributed by atoms with Gasteiger partial charge in [-0.05, 0) is 18.1 Å². The molecule has 0 atom stereocenters. The number of pyridine rings is 1. The fourth-order valence-corrected chi connectivity index (χ4v) is 2.00. The predicted octanol–water partition coefficient (Wildman–Crippen LogP) is 1.95. The number of H-pyrrole nitrogens is 1. The number of aromatic amines is 1. The molecule has 6 heteroatoms. The first-order chi connectivity index (χ1) is 9.69. The molecule has 0 amide bonds. The van der Waals surface area contributed by atoms with E-state index in [9.17, 15) is 9.18 Å². The minimum Gasteiger partial charge on any atom is -0.303 e. The molecule has 5 nitrogen and oxygen atoms in total. The van der Waals surface area contributed by atoms with Crippen LogP contribution in [0.5, 0.6) is 0 Å². The van der Waals surface area contributed by atoms with E-state index in [1.54, 1.807) is 16.7 Å². The Morgan fingerprint density at radius 2 is 2.20 bits per heavy atom. The third-order valence-corrected chi connectivity index (χ3v) is 2.95. The minimum absolute atomic E-state index is 0.277. The third kappa shape index (κ3) is 2.01. The molecule has 100 valence electrons. The molecular formula is C14H11FN4O. The summed E-state index contributed by atoms with van der Waals surface area (Å²) in [5, 5.41) is 0. The number of hydrogen-bond donors (Lipinski definition) is 1. The summed E-state index contributed by atoms with van der Waals surface area (Å²) in [6, 6.07) is 3.82. The van der Waals surface area contributed by atoms with Crippen LogP contribution >= 0.6 is 0 Å². The van der Waals surface area contributed by atoms with Crippen LogP contribution in [0.3, 0.4) is 0 Å². The van der Waals surface area contributed by atoms with E-state index >= 15 is 0 Å². The number of fused-ring (bicyclic) bond motifs is 1. The van der Waals surface area contributed by atoms with Crippen molar-refractivity contribution in [2.24, 2.45) is 0 Å². The summed E-state index contributed by atoms with van der Waals surface area (Å²) < 4.78 is 14.8. The molecular weight excluding hydrogens is 259 g/mol. The van der Waals surface area contributed by atoms with Crippen molar-refractivity contribution < 1.29 is 4.39 Å². The van der Waals surface area contributed by atoms with Gasteiger partial charge in [0.25, 0.3) is 5.56 Å². The van der Waals surface area contributed by atoms with Gasteiger partial charge in [-0.1, -0.05) is 12.1 Å². The van der Waals surface area contributed by atoms with Crippen molar-refractivity contribution in [1.29, 1.82) is 0 Å². The highest BCUT2D eigenvalue weighted by Crippen LogP contribution is 2.17. The standard InChI is InChI=1S/C14H11FN4O/c1-2-3-9-4-5-12-16-7-11(19(12)8-9)13-17-6-10(15)14(20)18-13/h2,4-8H,1,3H2,(H,17,18,20). The molecule has 3 rings (SSSR count). The van der Waals surface area contributed by atoms with Crippen molar-refractivity contribution in [3.05, 3.63) is 65.1 Å². The van der Waals surface area contributed by atoms with Gasteiger partial charge in [0, 0.05) is 6.20 Å². The van der Waals surface area contributed by atoms with Crippen molar-refractivity contribution in [1.82, 2.24) is 19.4 Å². The summed E-state index contributed by atoms with van der Waals surface area (Å²) in [6.45, 7) is 3.70. The van der Waals surface area contributed by atoms with E-state index in [1.807, 2.05) is 18.3 Å². The van der Waals surface area contributed by atoms with Crippen LogP contribution in [0.25, 0.3) is 17.2 Å². The average Bonchev–Trinajstić information content (AvgIpc) is 2.85. The number of nitrogens with zero attached hydrogens (tertiary/aromatic N) is 3. The number of nitrogens with one attached hydrogen (secondary N) is 1. The molecule has 0 bridgehead atoms. The third-order valence-electron chi connectivity index (χ3n) is 2.95. The second kappa shape index (κ2) is 4.73. The Kier molecular flexibility index (Phi) is 2.90. The lowest BCUT2D eigenvalue weighted by Crippen LogP contribution is -2.12. The van der Waals surface area contributed by atoms with Crippen LogP contribution in [0.2, 0.25) is 0 Å². The molecule has 3 heterocycles. The maximum atomic E-state index is 13.0. The molecule has 3 aromatic rings. The molecule has 0 aliphatic rings. The summed E-state index contributed by atoms with van der Waals surface area (Å²) in [4.78, 5) is 21.9. The van der Waals surface area contributed by atoms with Crippen LogP contribution in [0, 0.1) is 5.82 Å². The van der Waals surface area contributed by atoms with Gasteiger partial charge in [-0.3, -0.25) is 9.20 Å².